The summed E-state index contributed by atoms with van der Waals surface area (Å²) in [5.41, 5.74) is 3.20. The molecule has 0 aliphatic carbocycles. The van der Waals surface area contributed by atoms with E-state index in [1.54, 1.807) is 23.1 Å². The van der Waals surface area contributed by atoms with Gasteiger partial charge in [-0.2, -0.15) is 0 Å². The van der Waals surface area contributed by atoms with E-state index in [0.717, 1.165) is 12.1 Å². The summed E-state index contributed by atoms with van der Waals surface area (Å²) < 4.78 is 1.75. The molecule has 8 nitrogen and oxygen atoms in total. The summed E-state index contributed by atoms with van der Waals surface area (Å²) in [5.74, 6) is 0.550. The van der Waals surface area contributed by atoms with Crippen molar-refractivity contribution in [1.29, 1.82) is 0 Å². The SMILES string of the molecule is CN(Cc1ccc(N(C)C)cc1)Cn1cnc(-c2ccc([N+](=O)[O-])cc2)n1. The van der Waals surface area contributed by atoms with E-state index < -0.39 is 4.92 Å². The molecule has 0 fully saturated rings. The summed E-state index contributed by atoms with van der Waals surface area (Å²) in [6, 6.07) is 14.7. The van der Waals surface area contributed by atoms with Crippen LogP contribution >= 0.6 is 0 Å². The Morgan fingerprint density at radius 3 is 2.30 bits per heavy atom. The topological polar surface area (TPSA) is 80.3 Å². The van der Waals surface area contributed by atoms with Gasteiger partial charge in [-0.25, -0.2) is 9.67 Å². The molecule has 0 amide bonds. The van der Waals surface area contributed by atoms with Gasteiger partial charge in [0, 0.05) is 44.0 Å². The highest BCUT2D eigenvalue weighted by Crippen LogP contribution is 2.19. The van der Waals surface area contributed by atoms with Crippen molar-refractivity contribution < 1.29 is 4.92 Å². The number of anilines is 1. The summed E-state index contributed by atoms with van der Waals surface area (Å²) in [6.07, 6.45) is 1.67. The minimum atomic E-state index is -0.421. The first-order valence-corrected chi connectivity index (χ1v) is 8.51. The number of aromatic nitrogens is 3. The van der Waals surface area contributed by atoms with Crippen LogP contribution in [0.1, 0.15) is 5.56 Å². The van der Waals surface area contributed by atoms with Gasteiger partial charge >= 0.3 is 0 Å². The average molecular weight is 366 g/mol. The van der Waals surface area contributed by atoms with E-state index in [4.69, 9.17) is 0 Å². The van der Waals surface area contributed by atoms with Crippen LogP contribution in [0.2, 0.25) is 0 Å². The van der Waals surface area contributed by atoms with Crippen LogP contribution in [-0.2, 0) is 13.2 Å². The minimum absolute atomic E-state index is 0.0539. The van der Waals surface area contributed by atoms with Crippen molar-refractivity contribution in [3.05, 3.63) is 70.5 Å². The van der Waals surface area contributed by atoms with Gasteiger partial charge in [0.25, 0.3) is 5.69 Å². The lowest BCUT2D eigenvalue weighted by atomic mass is 10.2. The number of nitro benzene ring substituents is 1. The van der Waals surface area contributed by atoms with Gasteiger partial charge in [-0.3, -0.25) is 15.0 Å². The van der Waals surface area contributed by atoms with Crippen molar-refractivity contribution >= 4 is 11.4 Å². The summed E-state index contributed by atoms with van der Waals surface area (Å²) >= 11 is 0. The number of rotatable bonds is 7. The first-order chi connectivity index (χ1) is 12.9. The maximum Gasteiger partial charge on any atom is 0.269 e. The lowest BCUT2D eigenvalue weighted by Crippen LogP contribution is -2.22. The fourth-order valence-corrected chi connectivity index (χ4v) is 2.74. The summed E-state index contributed by atoms with van der Waals surface area (Å²) in [5, 5.41) is 15.2. The highest BCUT2D eigenvalue weighted by molar-refractivity contribution is 5.56. The van der Waals surface area contributed by atoms with Crippen LogP contribution in [0.3, 0.4) is 0 Å². The zero-order valence-corrected chi connectivity index (χ0v) is 15.6. The van der Waals surface area contributed by atoms with Crippen LogP contribution in [0.5, 0.6) is 0 Å². The molecular weight excluding hydrogens is 344 g/mol. The molecule has 140 valence electrons. The summed E-state index contributed by atoms with van der Waals surface area (Å²) in [7, 11) is 6.07. The molecule has 0 aliphatic rings. The molecule has 1 aromatic heterocycles. The fourth-order valence-electron chi connectivity index (χ4n) is 2.74. The monoisotopic (exact) mass is 366 g/mol. The maximum atomic E-state index is 10.7. The van der Waals surface area contributed by atoms with Crippen molar-refractivity contribution in [2.24, 2.45) is 0 Å². The van der Waals surface area contributed by atoms with Crippen molar-refractivity contribution in [3.8, 4) is 11.4 Å². The molecule has 0 bridgehead atoms. The molecule has 27 heavy (non-hydrogen) atoms. The molecule has 1 heterocycles. The molecule has 0 atom stereocenters. The Labute approximate surface area is 157 Å². The minimum Gasteiger partial charge on any atom is -0.378 e. The Bertz CT molecular complexity index is 903. The molecule has 3 rings (SSSR count). The zero-order chi connectivity index (χ0) is 19.4. The van der Waals surface area contributed by atoms with Crippen molar-refractivity contribution in [3.63, 3.8) is 0 Å². The molecule has 0 N–H and O–H groups in total. The van der Waals surface area contributed by atoms with Gasteiger partial charge in [-0.1, -0.05) is 12.1 Å². The summed E-state index contributed by atoms with van der Waals surface area (Å²) in [4.78, 5) is 18.8. The molecule has 0 unspecified atom stereocenters. The summed E-state index contributed by atoms with van der Waals surface area (Å²) in [6.45, 7) is 1.38. The molecule has 8 heteroatoms. The second kappa shape index (κ2) is 7.96. The average Bonchev–Trinajstić information content (AvgIpc) is 3.10. The van der Waals surface area contributed by atoms with Crippen LogP contribution < -0.4 is 4.90 Å². The van der Waals surface area contributed by atoms with Crippen LogP contribution in [-0.4, -0.2) is 45.7 Å². The van der Waals surface area contributed by atoms with E-state index in [1.807, 2.05) is 21.1 Å². The smallest absolute Gasteiger partial charge is 0.269 e. The third kappa shape index (κ3) is 4.68. The molecule has 0 saturated heterocycles. The fraction of sp³-hybridized carbons (Fsp3) is 0.263. The maximum absolute atomic E-state index is 10.7. The number of benzene rings is 2. The lowest BCUT2D eigenvalue weighted by molar-refractivity contribution is -0.384. The molecule has 3 aromatic rings. The van der Waals surface area contributed by atoms with Gasteiger partial charge in [0.05, 0.1) is 11.6 Å². The first kappa shape index (κ1) is 18.5. The molecule has 0 radical (unpaired) electrons. The van der Waals surface area contributed by atoms with Gasteiger partial charge in [0.15, 0.2) is 5.82 Å². The van der Waals surface area contributed by atoms with Crippen molar-refractivity contribution in [1.82, 2.24) is 19.7 Å². The third-order valence-electron chi connectivity index (χ3n) is 4.16. The molecule has 0 spiro atoms. The van der Waals surface area contributed by atoms with Crippen LogP contribution in [0.15, 0.2) is 54.9 Å². The quantitative estimate of drug-likeness (QED) is 0.472. The Morgan fingerprint density at radius 2 is 1.70 bits per heavy atom. The third-order valence-corrected chi connectivity index (χ3v) is 4.16. The molecule has 2 aromatic carbocycles. The second-order valence-corrected chi connectivity index (χ2v) is 6.63. The van der Waals surface area contributed by atoms with Gasteiger partial charge in [-0.05, 0) is 36.9 Å². The predicted octanol–water partition coefficient (Wildman–Crippen LogP) is 3.01. The zero-order valence-electron chi connectivity index (χ0n) is 15.6. The van der Waals surface area contributed by atoms with Crippen LogP contribution in [0, 0.1) is 10.1 Å². The predicted molar refractivity (Wildman–Crippen MR) is 104 cm³/mol. The Morgan fingerprint density at radius 1 is 1.04 bits per heavy atom. The largest absolute Gasteiger partial charge is 0.378 e. The lowest BCUT2D eigenvalue weighted by Gasteiger charge is -2.17. The number of nitrogens with zero attached hydrogens (tertiary/aromatic N) is 6. The molecule has 0 aliphatic heterocycles. The second-order valence-electron chi connectivity index (χ2n) is 6.63. The molecular formula is C19H22N6O2. The van der Waals surface area contributed by atoms with Crippen LogP contribution in [0.4, 0.5) is 11.4 Å². The van der Waals surface area contributed by atoms with E-state index in [-0.39, 0.29) is 5.69 Å². The normalized spacial score (nSPS) is 11.0. The van der Waals surface area contributed by atoms with E-state index in [1.165, 1.54) is 23.4 Å². The van der Waals surface area contributed by atoms with E-state index >= 15 is 0 Å². The van der Waals surface area contributed by atoms with Gasteiger partial charge < -0.3 is 4.90 Å². The number of nitro groups is 1. The van der Waals surface area contributed by atoms with Crippen LogP contribution in [0.25, 0.3) is 11.4 Å². The van der Waals surface area contributed by atoms with E-state index in [0.29, 0.717) is 12.5 Å². The van der Waals surface area contributed by atoms with Crippen molar-refractivity contribution in [2.45, 2.75) is 13.2 Å². The molecule has 0 saturated carbocycles. The Kier molecular flexibility index (Phi) is 5.46. The highest BCUT2D eigenvalue weighted by atomic mass is 16.6. The Balaban J connectivity index is 1.62. The highest BCUT2D eigenvalue weighted by Gasteiger charge is 2.09. The van der Waals surface area contributed by atoms with Gasteiger partial charge in [0.2, 0.25) is 0 Å². The van der Waals surface area contributed by atoms with Gasteiger partial charge in [0.1, 0.15) is 6.33 Å². The number of non-ortho nitro benzene ring substituents is 1. The van der Waals surface area contributed by atoms with E-state index in [9.17, 15) is 10.1 Å². The van der Waals surface area contributed by atoms with Gasteiger partial charge in [-0.15, -0.1) is 5.10 Å². The standard InChI is InChI=1S/C19H22N6O2/c1-22(2)17-8-4-15(5-9-17)12-23(3)14-24-13-20-19(21-24)16-6-10-18(11-7-16)25(26)27/h4-11,13H,12,14H2,1-3H3. The van der Waals surface area contributed by atoms with E-state index in [2.05, 4.69) is 44.1 Å². The van der Waals surface area contributed by atoms with Crippen molar-refractivity contribution in [2.75, 3.05) is 26.0 Å². The number of hydrogen-bond acceptors (Lipinski definition) is 6. The Hall–Kier alpha value is -3.26. The first-order valence-electron chi connectivity index (χ1n) is 8.51. The number of hydrogen-bond donors (Lipinski definition) is 0.